The molecule has 0 spiro atoms. The van der Waals surface area contributed by atoms with Gasteiger partial charge in [-0.15, -0.1) is 0 Å². The summed E-state index contributed by atoms with van der Waals surface area (Å²) in [6.45, 7) is 1.38. The van der Waals surface area contributed by atoms with Gasteiger partial charge in [-0.25, -0.2) is 0 Å². The summed E-state index contributed by atoms with van der Waals surface area (Å²) in [4.78, 5) is 19.8. The quantitative estimate of drug-likeness (QED) is 0.661. The summed E-state index contributed by atoms with van der Waals surface area (Å²) in [5.41, 5.74) is 0. The Bertz CT molecular complexity index is 96.8. The van der Waals surface area contributed by atoms with Gasteiger partial charge in [0, 0.05) is 6.42 Å². The molecule has 0 saturated heterocycles. The third kappa shape index (κ3) is 12.0. The van der Waals surface area contributed by atoms with Crippen molar-refractivity contribution in [2.45, 2.75) is 19.8 Å². The van der Waals surface area contributed by atoms with Crippen molar-refractivity contribution in [3.63, 3.8) is 0 Å². The van der Waals surface area contributed by atoms with Crippen LogP contribution < -0.4 is 0 Å². The Hall–Kier alpha value is 0.621. The standard InChI is InChI=1S/C5H8O3.Sr/c1-4(6)2-3-5(7)8;/h2-3H2,1H3,(H,7,8);/q;+2. The molecule has 0 atom stereocenters. The number of rotatable bonds is 3. The van der Waals surface area contributed by atoms with E-state index < -0.39 is 5.97 Å². The van der Waals surface area contributed by atoms with E-state index in [4.69, 9.17) is 5.11 Å². The summed E-state index contributed by atoms with van der Waals surface area (Å²) in [5.74, 6) is -0.993. The average Bonchev–Trinajstić information content (AvgIpc) is 1.61. The van der Waals surface area contributed by atoms with Crippen LogP contribution in [0.3, 0.4) is 0 Å². The Kier molecular flexibility index (Phi) is 9.21. The van der Waals surface area contributed by atoms with E-state index in [9.17, 15) is 9.59 Å². The molecule has 4 heteroatoms. The minimum Gasteiger partial charge on any atom is -0.481 e. The maximum Gasteiger partial charge on any atom is 2.00 e. The Morgan fingerprint density at radius 2 is 1.78 bits per heavy atom. The topological polar surface area (TPSA) is 54.4 Å². The zero-order chi connectivity index (χ0) is 6.57. The fraction of sp³-hybridized carbons (Fsp3) is 0.600. The van der Waals surface area contributed by atoms with Gasteiger partial charge in [0.15, 0.2) is 0 Å². The predicted molar refractivity (Wildman–Crippen MR) is 33.3 cm³/mol. The first-order chi connectivity index (χ1) is 3.63. The normalized spacial score (nSPS) is 7.67. The van der Waals surface area contributed by atoms with Crippen LogP contribution in [-0.4, -0.2) is 62.3 Å². The van der Waals surface area contributed by atoms with Gasteiger partial charge in [-0.2, -0.15) is 0 Å². The van der Waals surface area contributed by atoms with Gasteiger partial charge in [-0.3, -0.25) is 4.79 Å². The first-order valence-corrected chi connectivity index (χ1v) is 2.34. The summed E-state index contributed by atoms with van der Waals surface area (Å²) in [6.07, 6.45) is 0.102. The van der Waals surface area contributed by atoms with E-state index in [2.05, 4.69) is 0 Å². The van der Waals surface area contributed by atoms with Gasteiger partial charge in [-0.1, -0.05) is 0 Å². The summed E-state index contributed by atoms with van der Waals surface area (Å²) >= 11 is 0. The molecule has 9 heavy (non-hydrogen) atoms. The number of carbonyl (C=O) groups excluding carboxylic acids is 1. The number of hydrogen-bond donors (Lipinski definition) is 1. The smallest absolute Gasteiger partial charge is 0.481 e. The molecule has 0 aromatic rings. The molecule has 0 fully saturated rings. The molecule has 0 aromatic heterocycles. The predicted octanol–water partition coefficient (Wildman–Crippen LogP) is 0.0594. The first-order valence-electron chi connectivity index (χ1n) is 2.34. The van der Waals surface area contributed by atoms with Crippen molar-refractivity contribution in [3.05, 3.63) is 0 Å². The van der Waals surface area contributed by atoms with Gasteiger partial charge in [0.2, 0.25) is 0 Å². The second-order valence-electron chi connectivity index (χ2n) is 1.60. The molecular formula is C5H8O3Sr+2. The van der Waals surface area contributed by atoms with Gasteiger partial charge in [-0.05, 0) is 6.92 Å². The number of carboxylic acid groups (broad SMARTS) is 1. The van der Waals surface area contributed by atoms with Crippen molar-refractivity contribution in [3.8, 4) is 0 Å². The Morgan fingerprint density at radius 3 is 1.89 bits per heavy atom. The van der Waals surface area contributed by atoms with Crippen molar-refractivity contribution in [1.29, 1.82) is 0 Å². The second-order valence-corrected chi connectivity index (χ2v) is 1.60. The molecule has 0 bridgehead atoms. The molecule has 0 amide bonds. The SMILES string of the molecule is CC(=O)CCC(=O)O.[Sr+2]. The Balaban J connectivity index is 0. The monoisotopic (exact) mass is 204 g/mol. The molecule has 3 nitrogen and oxygen atoms in total. The summed E-state index contributed by atoms with van der Waals surface area (Å²) < 4.78 is 0. The average molecular weight is 204 g/mol. The Labute approximate surface area is 90.7 Å². The molecule has 0 aliphatic rings. The van der Waals surface area contributed by atoms with Crippen LogP contribution >= 0.6 is 0 Å². The Morgan fingerprint density at radius 1 is 1.33 bits per heavy atom. The maximum absolute atomic E-state index is 10.1. The second kappa shape index (κ2) is 6.74. The van der Waals surface area contributed by atoms with Crippen LogP contribution in [0.2, 0.25) is 0 Å². The minimum atomic E-state index is -0.916. The molecular weight excluding hydrogens is 196 g/mol. The van der Waals surface area contributed by atoms with Crippen molar-refractivity contribution >= 4 is 57.2 Å². The number of aliphatic carboxylic acids is 1. The molecule has 0 aliphatic heterocycles. The molecule has 46 valence electrons. The van der Waals surface area contributed by atoms with Crippen molar-refractivity contribution in [2.24, 2.45) is 0 Å². The van der Waals surface area contributed by atoms with Crippen LogP contribution in [0.15, 0.2) is 0 Å². The van der Waals surface area contributed by atoms with Crippen LogP contribution in [-0.2, 0) is 9.59 Å². The van der Waals surface area contributed by atoms with Crippen molar-refractivity contribution in [1.82, 2.24) is 0 Å². The molecule has 1 N–H and O–H groups in total. The van der Waals surface area contributed by atoms with Crippen LogP contribution in [0.5, 0.6) is 0 Å². The van der Waals surface area contributed by atoms with Crippen LogP contribution in [0.4, 0.5) is 0 Å². The van der Waals surface area contributed by atoms with Gasteiger partial charge in [0.25, 0.3) is 0 Å². The summed E-state index contributed by atoms with van der Waals surface area (Å²) in [6, 6.07) is 0. The van der Waals surface area contributed by atoms with Crippen molar-refractivity contribution < 1.29 is 14.7 Å². The molecule has 0 rings (SSSR count). The van der Waals surface area contributed by atoms with E-state index in [-0.39, 0.29) is 64.1 Å². The first kappa shape index (κ1) is 12.3. The third-order valence-corrected chi connectivity index (χ3v) is 0.691. The van der Waals surface area contributed by atoms with E-state index in [0.29, 0.717) is 0 Å². The van der Waals surface area contributed by atoms with E-state index in [1.54, 1.807) is 0 Å². The fourth-order valence-corrected chi connectivity index (χ4v) is 0.283. The molecule has 0 aromatic carbocycles. The van der Waals surface area contributed by atoms with Gasteiger partial charge in [0.1, 0.15) is 5.78 Å². The fourth-order valence-electron chi connectivity index (χ4n) is 0.283. The van der Waals surface area contributed by atoms with Crippen molar-refractivity contribution in [2.75, 3.05) is 0 Å². The van der Waals surface area contributed by atoms with E-state index in [1.807, 2.05) is 0 Å². The van der Waals surface area contributed by atoms with E-state index >= 15 is 0 Å². The zero-order valence-corrected chi connectivity index (χ0v) is 8.86. The molecule has 0 unspecified atom stereocenters. The maximum atomic E-state index is 10.1. The summed E-state index contributed by atoms with van der Waals surface area (Å²) in [7, 11) is 0. The number of Topliss-reactive ketones (excluding diaryl/α,β-unsaturated/α-hetero) is 1. The minimum absolute atomic E-state index is 0. The van der Waals surface area contributed by atoms with Gasteiger partial charge < -0.3 is 9.90 Å². The third-order valence-electron chi connectivity index (χ3n) is 0.691. The number of carboxylic acids is 1. The van der Waals surface area contributed by atoms with Crippen LogP contribution in [0.1, 0.15) is 19.8 Å². The number of carbonyl (C=O) groups is 2. The van der Waals surface area contributed by atoms with E-state index in [0.717, 1.165) is 0 Å². The van der Waals surface area contributed by atoms with Crippen LogP contribution in [0.25, 0.3) is 0 Å². The van der Waals surface area contributed by atoms with Gasteiger partial charge >= 0.3 is 51.5 Å². The van der Waals surface area contributed by atoms with E-state index in [1.165, 1.54) is 6.92 Å². The van der Waals surface area contributed by atoms with Crippen LogP contribution in [0, 0.1) is 0 Å². The number of hydrogen-bond acceptors (Lipinski definition) is 2. The molecule has 0 aliphatic carbocycles. The molecule has 0 saturated carbocycles. The summed E-state index contributed by atoms with van der Waals surface area (Å²) in [5, 5.41) is 8.01. The zero-order valence-electron chi connectivity index (χ0n) is 5.39. The number of ketones is 1. The molecule has 0 radical (unpaired) electrons. The van der Waals surface area contributed by atoms with Gasteiger partial charge in [0.05, 0.1) is 6.42 Å². The molecule has 0 heterocycles. The largest absolute Gasteiger partial charge is 2.00 e.